The number of hydrogen-bond acceptors (Lipinski definition) is 4. The molecule has 0 aliphatic heterocycles. The SMILES string of the molecule is COc1ccc(CCNC(=O)N(C)CC(=O)Nc2c(C)cc(C)cc2C)cc1OC. The molecule has 0 aliphatic rings. The molecule has 0 aliphatic carbocycles. The molecule has 7 heteroatoms. The molecule has 162 valence electrons. The van der Waals surface area contributed by atoms with Gasteiger partial charge in [0.05, 0.1) is 14.2 Å². The van der Waals surface area contributed by atoms with Gasteiger partial charge >= 0.3 is 6.03 Å². The van der Waals surface area contributed by atoms with Crippen LogP contribution in [-0.4, -0.2) is 51.2 Å². The van der Waals surface area contributed by atoms with Crippen molar-refractivity contribution >= 4 is 17.6 Å². The Labute approximate surface area is 178 Å². The lowest BCUT2D eigenvalue weighted by molar-refractivity contribution is -0.116. The summed E-state index contributed by atoms with van der Waals surface area (Å²) < 4.78 is 10.5. The summed E-state index contributed by atoms with van der Waals surface area (Å²) in [4.78, 5) is 26.1. The number of likely N-dealkylation sites (N-methyl/N-ethyl adjacent to an activating group) is 1. The third kappa shape index (κ3) is 6.14. The van der Waals surface area contributed by atoms with E-state index in [0.717, 1.165) is 27.9 Å². The summed E-state index contributed by atoms with van der Waals surface area (Å²) in [5, 5.41) is 5.74. The summed E-state index contributed by atoms with van der Waals surface area (Å²) in [6.07, 6.45) is 0.633. The van der Waals surface area contributed by atoms with E-state index in [9.17, 15) is 9.59 Å². The molecule has 0 unspecified atom stereocenters. The maximum Gasteiger partial charge on any atom is 0.317 e. The fourth-order valence-corrected chi connectivity index (χ4v) is 3.33. The highest BCUT2D eigenvalue weighted by molar-refractivity contribution is 5.95. The van der Waals surface area contributed by atoms with E-state index in [1.54, 1.807) is 21.3 Å². The quantitative estimate of drug-likeness (QED) is 0.695. The zero-order chi connectivity index (χ0) is 22.3. The zero-order valence-electron chi connectivity index (χ0n) is 18.6. The van der Waals surface area contributed by atoms with Gasteiger partial charge in [-0.2, -0.15) is 0 Å². The molecule has 7 nitrogen and oxygen atoms in total. The summed E-state index contributed by atoms with van der Waals surface area (Å²) in [5.41, 5.74) is 4.96. The minimum absolute atomic E-state index is 0.0328. The third-order valence-electron chi connectivity index (χ3n) is 4.81. The first-order chi connectivity index (χ1) is 14.2. The number of amides is 3. The van der Waals surface area contributed by atoms with Crippen LogP contribution in [-0.2, 0) is 11.2 Å². The highest BCUT2D eigenvalue weighted by Crippen LogP contribution is 2.27. The zero-order valence-corrected chi connectivity index (χ0v) is 18.6. The number of nitrogens with one attached hydrogen (secondary N) is 2. The van der Waals surface area contributed by atoms with Gasteiger partial charge in [-0.3, -0.25) is 4.79 Å². The number of ether oxygens (including phenoxy) is 2. The Bertz CT molecular complexity index is 888. The largest absolute Gasteiger partial charge is 0.493 e. The molecule has 2 aromatic carbocycles. The minimum Gasteiger partial charge on any atom is -0.493 e. The number of nitrogens with zero attached hydrogens (tertiary/aromatic N) is 1. The van der Waals surface area contributed by atoms with Crippen molar-refractivity contribution in [2.75, 3.05) is 39.7 Å². The van der Waals surface area contributed by atoms with Crippen molar-refractivity contribution in [3.05, 3.63) is 52.6 Å². The number of anilines is 1. The van der Waals surface area contributed by atoms with Crippen molar-refractivity contribution < 1.29 is 19.1 Å². The summed E-state index contributed by atoms with van der Waals surface area (Å²) in [6, 6.07) is 9.38. The van der Waals surface area contributed by atoms with Crippen LogP contribution < -0.4 is 20.1 Å². The number of urea groups is 1. The minimum atomic E-state index is -0.303. The molecule has 2 N–H and O–H groups in total. The average Bonchev–Trinajstić information content (AvgIpc) is 2.70. The fraction of sp³-hybridized carbons (Fsp3) is 0.391. The molecule has 2 aromatic rings. The second-order valence-corrected chi connectivity index (χ2v) is 7.35. The fourth-order valence-electron chi connectivity index (χ4n) is 3.33. The second-order valence-electron chi connectivity index (χ2n) is 7.35. The Hall–Kier alpha value is -3.22. The first-order valence-electron chi connectivity index (χ1n) is 9.82. The molecule has 0 radical (unpaired) electrons. The van der Waals surface area contributed by atoms with Crippen molar-refractivity contribution in [3.63, 3.8) is 0 Å². The Balaban J connectivity index is 1.84. The number of carbonyl (C=O) groups excluding carboxylic acids is 2. The molecule has 0 saturated heterocycles. The molecule has 30 heavy (non-hydrogen) atoms. The summed E-state index contributed by atoms with van der Waals surface area (Å²) in [5.74, 6) is 1.08. The van der Waals surface area contributed by atoms with Crippen LogP contribution in [0.15, 0.2) is 30.3 Å². The highest BCUT2D eigenvalue weighted by atomic mass is 16.5. The first kappa shape index (κ1) is 23.1. The van der Waals surface area contributed by atoms with Gasteiger partial charge in [0.25, 0.3) is 0 Å². The third-order valence-corrected chi connectivity index (χ3v) is 4.81. The van der Waals surface area contributed by atoms with Crippen molar-refractivity contribution in [2.45, 2.75) is 27.2 Å². The van der Waals surface area contributed by atoms with E-state index in [0.29, 0.717) is 24.5 Å². The van der Waals surface area contributed by atoms with Gasteiger partial charge in [0, 0.05) is 19.3 Å². The number of benzene rings is 2. The van der Waals surface area contributed by atoms with Gasteiger partial charge < -0.3 is 25.0 Å². The molecule has 0 aromatic heterocycles. The van der Waals surface area contributed by atoms with Gasteiger partial charge in [0.1, 0.15) is 6.54 Å². The molecule has 0 heterocycles. The van der Waals surface area contributed by atoms with Gasteiger partial charge in [-0.15, -0.1) is 0 Å². The van der Waals surface area contributed by atoms with E-state index in [2.05, 4.69) is 10.6 Å². The topological polar surface area (TPSA) is 79.9 Å². The first-order valence-corrected chi connectivity index (χ1v) is 9.82. The molecule has 0 atom stereocenters. The molecule has 0 fully saturated rings. The van der Waals surface area contributed by atoms with Crippen molar-refractivity contribution in [1.82, 2.24) is 10.2 Å². The highest BCUT2D eigenvalue weighted by Gasteiger charge is 2.14. The Morgan fingerprint density at radius 1 is 0.967 bits per heavy atom. The van der Waals surface area contributed by atoms with Crippen LogP contribution in [0.3, 0.4) is 0 Å². The van der Waals surface area contributed by atoms with Crippen LogP contribution in [0, 0.1) is 20.8 Å². The Morgan fingerprint density at radius 3 is 2.20 bits per heavy atom. The Morgan fingerprint density at radius 2 is 1.60 bits per heavy atom. The molecule has 3 amide bonds. The van der Waals surface area contributed by atoms with Crippen LogP contribution >= 0.6 is 0 Å². The van der Waals surface area contributed by atoms with E-state index in [4.69, 9.17) is 9.47 Å². The molecule has 0 bridgehead atoms. The van der Waals surface area contributed by atoms with Gasteiger partial charge in [0.2, 0.25) is 5.91 Å². The van der Waals surface area contributed by atoms with Gasteiger partial charge in [-0.1, -0.05) is 23.8 Å². The maximum atomic E-state index is 12.4. The van der Waals surface area contributed by atoms with Crippen LogP contribution in [0.4, 0.5) is 10.5 Å². The van der Waals surface area contributed by atoms with E-state index in [1.165, 1.54) is 4.90 Å². The van der Waals surface area contributed by atoms with Gasteiger partial charge in [-0.05, 0) is 56.0 Å². The van der Waals surface area contributed by atoms with Crippen LogP contribution in [0.25, 0.3) is 0 Å². The Kier molecular flexibility index (Phi) is 8.09. The number of rotatable bonds is 8. The standard InChI is InChI=1S/C23H31N3O4/c1-15-11-16(2)22(17(3)12-15)25-21(27)14-26(4)23(28)24-10-9-18-7-8-19(29-5)20(13-18)30-6/h7-8,11-13H,9-10,14H2,1-6H3,(H,24,28)(H,25,27). The van der Waals surface area contributed by atoms with Crippen LogP contribution in [0.2, 0.25) is 0 Å². The lowest BCUT2D eigenvalue weighted by Gasteiger charge is -2.19. The number of aryl methyl sites for hydroxylation is 3. The van der Waals surface area contributed by atoms with Gasteiger partial charge in [-0.25, -0.2) is 4.79 Å². The molecular weight excluding hydrogens is 382 g/mol. The average molecular weight is 414 g/mol. The van der Waals surface area contributed by atoms with E-state index >= 15 is 0 Å². The smallest absolute Gasteiger partial charge is 0.317 e. The summed E-state index contributed by atoms with van der Waals surface area (Å²) >= 11 is 0. The predicted molar refractivity (Wildman–Crippen MR) is 119 cm³/mol. The lowest BCUT2D eigenvalue weighted by atomic mass is 10.1. The molecule has 0 saturated carbocycles. The molecular formula is C23H31N3O4. The number of methoxy groups -OCH3 is 2. The predicted octanol–water partition coefficient (Wildman–Crippen LogP) is 3.45. The van der Waals surface area contributed by atoms with Crippen molar-refractivity contribution in [2.24, 2.45) is 0 Å². The monoisotopic (exact) mass is 413 g/mol. The van der Waals surface area contributed by atoms with Gasteiger partial charge in [0.15, 0.2) is 11.5 Å². The van der Waals surface area contributed by atoms with E-state index < -0.39 is 0 Å². The summed E-state index contributed by atoms with van der Waals surface area (Å²) in [7, 11) is 4.77. The lowest BCUT2D eigenvalue weighted by Crippen LogP contribution is -2.42. The normalized spacial score (nSPS) is 10.3. The van der Waals surface area contributed by atoms with E-state index in [1.807, 2.05) is 51.1 Å². The van der Waals surface area contributed by atoms with Crippen molar-refractivity contribution in [1.29, 1.82) is 0 Å². The number of hydrogen-bond donors (Lipinski definition) is 2. The van der Waals surface area contributed by atoms with Crippen LogP contribution in [0.5, 0.6) is 11.5 Å². The van der Waals surface area contributed by atoms with Crippen LogP contribution in [0.1, 0.15) is 22.3 Å². The summed E-state index contributed by atoms with van der Waals surface area (Å²) in [6.45, 7) is 6.34. The van der Waals surface area contributed by atoms with Crippen molar-refractivity contribution in [3.8, 4) is 11.5 Å². The second kappa shape index (κ2) is 10.5. The maximum absolute atomic E-state index is 12.4. The number of carbonyl (C=O) groups is 2. The van der Waals surface area contributed by atoms with E-state index in [-0.39, 0.29) is 18.5 Å². The molecule has 2 rings (SSSR count). The molecule has 0 spiro atoms.